The number of hydrogen-bond acceptors (Lipinski definition) is 2. The van der Waals surface area contributed by atoms with Crippen LogP contribution in [0, 0.1) is 6.92 Å². The van der Waals surface area contributed by atoms with Crippen LogP contribution in [0.3, 0.4) is 0 Å². The van der Waals surface area contributed by atoms with Crippen LogP contribution in [-0.2, 0) is 6.42 Å². The van der Waals surface area contributed by atoms with Gasteiger partial charge in [0.1, 0.15) is 5.75 Å². The second-order valence-electron chi connectivity index (χ2n) is 3.54. The van der Waals surface area contributed by atoms with E-state index < -0.39 is 0 Å². The maximum atomic E-state index is 5.27. The van der Waals surface area contributed by atoms with Crippen molar-refractivity contribution < 1.29 is 4.74 Å². The minimum Gasteiger partial charge on any atom is -0.496 e. The first kappa shape index (κ1) is 12.0. The first-order valence-electron chi connectivity index (χ1n) is 5.01. The summed E-state index contributed by atoms with van der Waals surface area (Å²) in [6, 6.07) is 6.28. The fourth-order valence-corrected chi connectivity index (χ4v) is 1.50. The van der Waals surface area contributed by atoms with Crippen LogP contribution in [0.4, 0.5) is 0 Å². The molecule has 0 aliphatic carbocycles. The topological polar surface area (TPSA) is 21.3 Å². The van der Waals surface area contributed by atoms with E-state index in [4.69, 9.17) is 17.0 Å². The predicted molar refractivity (Wildman–Crippen MR) is 67.7 cm³/mol. The number of rotatable bonds is 4. The van der Waals surface area contributed by atoms with Gasteiger partial charge in [0.25, 0.3) is 0 Å². The highest BCUT2D eigenvalue weighted by atomic mass is 32.1. The molecule has 0 amide bonds. The van der Waals surface area contributed by atoms with Crippen LogP contribution in [0.15, 0.2) is 18.2 Å². The van der Waals surface area contributed by atoms with Gasteiger partial charge in [0.05, 0.1) is 12.1 Å². The van der Waals surface area contributed by atoms with E-state index >= 15 is 0 Å². The molecule has 0 aliphatic rings. The summed E-state index contributed by atoms with van der Waals surface area (Å²) in [7, 11) is 1.70. The average Bonchev–Trinajstić information content (AvgIpc) is 2.20. The maximum Gasteiger partial charge on any atom is 0.122 e. The Labute approximate surface area is 96.6 Å². The predicted octanol–water partition coefficient (Wildman–Crippen LogP) is 2.48. The Hall–Kier alpha value is -1.09. The fraction of sp³-hybridized carbons (Fsp3) is 0.417. The summed E-state index contributed by atoms with van der Waals surface area (Å²) in [5.74, 6) is 0.951. The van der Waals surface area contributed by atoms with Crippen molar-refractivity contribution in [3.63, 3.8) is 0 Å². The highest BCUT2D eigenvalue weighted by Crippen LogP contribution is 2.18. The van der Waals surface area contributed by atoms with E-state index in [-0.39, 0.29) is 0 Å². The zero-order valence-electron chi connectivity index (χ0n) is 9.46. The van der Waals surface area contributed by atoms with Crippen LogP contribution in [0.25, 0.3) is 0 Å². The lowest BCUT2D eigenvalue weighted by Gasteiger charge is -2.08. The van der Waals surface area contributed by atoms with E-state index in [1.807, 2.05) is 13.8 Å². The molecule has 0 heterocycles. The summed E-state index contributed by atoms with van der Waals surface area (Å²) in [6.45, 7) is 4.81. The van der Waals surface area contributed by atoms with Gasteiger partial charge < -0.3 is 10.1 Å². The van der Waals surface area contributed by atoms with Gasteiger partial charge in [-0.25, -0.2) is 0 Å². The van der Waals surface area contributed by atoms with Gasteiger partial charge in [-0.1, -0.05) is 24.4 Å². The Morgan fingerprint density at radius 2 is 2.20 bits per heavy atom. The van der Waals surface area contributed by atoms with E-state index in [9.17, 15) is 0 Å². The van der Waals surface area contributed by atoms with Crippen molar-refractivity contribution in [1.82, 2.24) is 5.32 Å². The monoisotopic (exact) mass is 223 g/mol. The van der Waals surface area contributed by atoms with Gasteiger partial charge in [0, 0.05) is 6.54 Å². The molecule has 0 saturated carbocycles. The van der Waals surface area contributed by atoms with E-state index in [1.165, 1.54) is 11.1 Å². The molecule has 0 unspecified atom stereocenters. The van der Waals surface area contributed by atoms with E-state index in [2.05, 4.69) is 23.5 Å². The molecule has 1 aromatic carbocycles. The van der Waals surface area contributed by atoms with E-state index in [0.717, 1.165) is 23.7 Å². The van der Waals surface area contributed by atoms with Gasteiger partial charge in [-0.3, -0.25) is 0 Å². The third kappa shape index (κ3) is 3.88. The third-order valence-electron chi connectivity index (χ3n) is 2.26. The average molecular weight is 223 g/mol. The van der Waals surface area contributed by atoms with Crippen molar-refractivity contribution in [3.05, 3.63) is 29.3 Å². The minimum absolute atomic E-state index is 0.842. The van der Waals surface area contributed by atoms with Crippen LogP contribution in [0.1, 0.15) is 18.1 Å². The summed E-state index contributed by atoms with van der Waals surface area (Å²) in [6.07, 6.45) is 0.963. The summed E-state index contributed by atoms with van der Waals surface area (Å²) in [4.78, 5) is 0.842. The molecule has 0 aliphatic heterocycles. The lowest BCUT2D eigenvalue weighted by atomic mass is 10.1. The number of nitrogens with one attached hydrogen (secondary N) is 1. The molecule has 2 nitrogen and oxygen atoms in total. The molecule has 82 valence electrons. The van der Waals surface area contributed by atoms with E-state index in [1.54, 1.807) is 7.11 Å². The van der Waals surface area contributed by atoms with Crippen LogP contribution in [-0.4, -0.2) is 18.6 Å². The summed E-state index contributed by atoms with van der Waals surface area (Å²) in [5, 5.41) is 3.14. The molecule has 15 heavy (non-hydrogen) atoms. The van der Waals surface area contributed by atoms with E-state index in [0.29, 0.717) is 0 Å². The Bertz CT molecular complexity index is 349. The molecule has 0 aromatic heterocycles. The number of hydrogen-bond donors (Lipinski definition) is 1. The summed E-state index contributed by atoms with van der Waals surface area (Å²) in [5.41, 5.74) is 2.43. The molecule has 1 rings (SSSR count). The number of aryl methyl sites for hydroxylation is 1. The summed E-state index contributed by atoms with van der Waals surface area (Å²) < 4.78 is 5.27. The Morgan fingerprint density at radius 1 is 1.47 bits per heavy atom. The molecule has 0 atom stereocenters. The third-order valence-corrected chi connectivity index (χ3v) is 2.40. The summed E-state index contributed by atoms with van der Waals surface area (Å²) >= 11 is 4.94. The van der Waals surface area contributed by atoms with Crippen molar-refractivity contribution >= 4 is 17.2 Å². The Morgan fingerprint density at radius 3 is 2.80 bits per heavy atom. The standard InChI is InChI=1S/C12H17NOS/c1-9-4-5-11(8-12(9)14-3)6-7-13-10(2)15/h4-5,8H,6-7H2,1-3H3,(H,13,15). The van der Waals surface area contributed by atoms with Gasteiger partial charge in [0.15, 0.2) is 0 Å². The van der Waals surface area contributed by atoms with Crippen LogP contribution in [0.5, 0.6) is 5.75 Å². The molecule has 1 aromatic rings. The van der Waals surface area contributed by atoms with Crippen LogP contribution >= 0.6 is 12.2 Å². The van der Waals surface area contributed by atoms with Crippen molar-refractivity contribution in [2.24, 2.45) is 0 Å². The molecule has 0 saturated heterocycles. The molecule has 1 N–H and O–H groups in total. The SMILES string of the molecule is COc1cc(CCNC(C)=S)ccc1C. The van der Waals surface area contributed by atoms with Gasteiger partial charge in [-0.15, -0.1) is 0 Å². The zero-order valence-corrected chi connectivity index (χ0v) is 10.3. The smallest absolute Gasteiger partial charge is 0.122 e. The fourth-order valence-electron chi connectivity index (χ4n) is 1.40. The highest BCUT2D eigenvalue weighted by Gasteiger charge is 2.00. The normalized spacial score (nSPS) is 9.80. The van der Waals surface area contributed by atoms with Crippen molar-refractivity contribution in [2.45, 2.75) is 20.3 Å². The van der Waals surface area contributed by atoms with Gasteiger partial charge in [0.2, 0.25) is 0 Å². The van der Waals surface area contributed by atoms with Crippen LogP contribution in [0.2, 0.25) is 0 Å². The van der Waals surface area contributed by atoms with Crippen molar-refractivity contribution in [1.29, 1.82) is 0 Å². The second-order valence-corrected chi connectivity index (χ2v) is 4.15. The minimum atomic E-state index is 0.842. The number of thiocarbonyl (C=S) groups is 1. The lowest BCUT2D eigenvalue weighted by molar-refractivity contribution is 0.411. The van der Waals surface area contributed by atoms with Crippen molar-refractivity contribution in [2.75, 3.05) is 13.7 Å². The number of ether oxygens (including phenoxy) is 1. The molecule has 3 heteroatoms. The Kier molecular flexibility index (Phi) is 4.56. The first-order valence-corrected chi connectivity index (χ1v) is 5.42. The van der Waals surface area contributed by atoms with Gasteiger partial charge >= 0.3 is 0 Å². The largest absolute Gasteiger partial charge is 0.496 e. The quantitative estimate of drug-likeness (QED) is 0.792. The molecule has 0 fully saturated rings. The van der Waals surface area contributed by atoms with Gasteiger partial charge in [-0.2, -0.15) is 0 Å². The van der Waals surface area contributed by atoms with Crippen molar-refractivity contribution in [3.8, 4) is 5.75 Å². The number of benzene rings is 1. The van der Waals surface area contributed by atoms with Gasteiger partial charge in [-0.05, 0) is 37.5 Å². The molecule has 0 radical (unpaired) electrons. The molecular weight excluding hydrogens is 206 g/mol. The zero-order chi connectivity index (χ0) is 11.3. The number of methoxy groups -OCH3 is 1. The molecule has 0 bridgehead atoms. The maximum absolute atomic E-state index is 5.27. The first-order chi connectivity index (χ1) is 7.13. The molecular formula is C12H17NOS. The molecule has 0 spiro atoms. The lowest BCUT2D eigenvalue weighted by Crippen LogP contribution is -2.20. The highest BCUT2D eigenvalue weighted by molar-refractivity contribution is 7.80. The second kappa shape index (κ2) is 5.71. The van der Waals surface area contributed by atoms with Crippen LogP contribution < -0.4 is 10.1 Å². The Balaban J connectivity index is 2.58.